The van der Waals surface area contributed by atoms with E-state index in [9.17, 15) is 4.79 Å². The number of carbonyl (C=O) groups is 1. The molecule has 1 N–H and O–H groups in total. The van der Waals surface area contributed by atoms with Gasteiger partial charge in [0.2, 0.25) is 5.76 Å². The van der Waals surface area contributed by atoms with Gasteiger partial charge in [0, 0.05) is 0 Å². The molecular formula is C16H28O3. The Bertz CT molecular complexity index is 327. The molecule has 0 aliphatic heterocycles. The van der Waals surface area contributed by atoms with E-state index in [1.165, 1.54) is 26.4 Å². The number of hydrogen-bond donors (Lipinski definition) is 1. The Kier molecular flexibility index (Phi) is 9.02. The first kappa shape index (κ1) is 17.8. The molecule has 0 spiro atoms. The molecule has 3 heteroatoms. The van der Waals surface area contributed by atoms with E-state index in [4.69, 9.17) is 9.84 Å². The molecule has 0 aromatic carbocycles. The van der Waals surface area contributed by atoms with Crippen LogP contribution in [0.4, 0.5) is 0 Å². The molecule has 0 aliphatic carbocycles. The molecule has 19 heavy (non-hydrogen) atoms. The minimum absolute atomic E-state index is 0.0173. The minimum Gasteiger partial charge on any atom is -0.490 e. The number of aliphatic carboxylic acids is 1. The molecule has 0 aliphatic rings. The molecule has 0 heterocycles. The third kappa shape index (κ3) is 8.46. The molecule has 0 fully saturated rings. The Hall–Kier alpha value is -1.25. The number of hydrogen-bond acceptors (Lipinski definition) is 2. The van der Waals surface area contributed by atoms with Gasteiger partial charge in [0.05, 0.1) is 7.11 Å². The standard InChI is InChI=1S/C16H28O3/c1-12(2)8-6-9-13(3)10-7-11-14(4)15(19-5)16(17)18/h7,11-13H,6,8-10H2,1-5H3,(H,17,18)/b11-7+,15-14-. The lowest BCUT2D eigenvalue weighted by molar-refractivity contribution is -0.136. The van der Waals surface area contributed by atoms with Gasteiger partial charge in [-0.15, -0.1) is 0 Å². The Morgan fingerprint density at radius 3 is 2.37 bits per heavy atom. The summed E-state index contributed by atoms with van der Waals surface area (Å²) in [4.78, 5) is 10.9. The van der Waals surface area contributed by atoms with Crippen LogP contribution in [0.5, 0.6) is 0 Å². The third-order valence-corrected chi connectivity index (χ3v) is 3.14. The lowest BCUT2D eigenvalue weighted by Crippen LogP contribution is -2.04. The summed E-state index contributed by atoms with van der Waals surface area (Å²) in [5.41, 5.74) is 0.657. The average Bonchev–Trinajstić information content (AvgIpc) is 2.28. The first-order chi connectivity index (χ1) is 8.88. The van der Waals surface area contributed by atoms with Crippen molar-refractivity contribution in [3.63, 3.8) is 0 Å². The molecule has 0 saturated heterocycles. The minimum atomic E-state index is -1.02. The summed E-state index contributed by atoms with van der Waals surface area (Å²) in [5, 5.41) is 8.90. The van der Waals surface area contributed by atoms with E-state index < -0.39 is 5.97 Å². The number of carboxylic acid groups (broad SMARTS) is 1. The Balaban J connectivity index is 4.17. The van der Waals surface area contributed by atoms with E-state index in [0.29, 0.717) is 11.5 Å². The smallest absolute Gasteiger partial charge is 0.371 e. The van der Waals surface area contributed by atoms with Crippen LogP contribution >= 0.6 is 0 Å². The van der Waals surface area contributed by atoms with E-state index in [0.717, 1.165) is 12.3 Å². The predicted octanol–water partition coefficient (Wildman–Crippen LogP) is 4.40. The van der Waals surface area contributed by atoms with Crippen LogP contribution in [-0.4, -0.2) is 18.2 Å². The molecule has 0 aromatic heterocycles. The highest BCUT2D eigenvalue weighted by atomic mass is 16.5. The van der Waals surface area contributed by atoms with Gasteiger partial charge in [-0.2, -0.15) is 0 Å². The zero-order valence-corrected chi connectivity index (χ0v) is 12.9. The van der Waals surface area contributed by atoms with Gasteiger partial charge in [-0.1, -0.05) is 52.2 Å². The highest BCUT2D eigenvalue weighted by Gasteiger charge is 2.09. The first-order valence-electron chi connectivity index (χ1n) is 7.03. The van der Waals surface area contributed by atoms with E-state index in [-0.39, 0.29) is 5.76 Å². The van der Waals surface area contributed by atoms with Gasteiger partial charge in [0.25, 0.3) is 0 Å². The Morgan fingerprint density at radius 1 is 1.26 bits per heavy atom. The quantitative estimate of drug-likeness (QED) is 0.383. The van der Waals surface area contributed by atoms with Gasteiger partial charge < -0.3 is 9.84 Å². The summed E-state index contributed by atoms with van der Waals surface area (Å²) < 4.78 is 4.85. The van der Waals surface area contributed by atoms with Crippen molar-refractivity contribution in [1.29, 1.82) is 0 Å². The Labute approximate surface area is 117 Å². The van der Waals surface area contributed by atoms with Crippen molar-refractivity contribution in [2.75, 3.05) is 7.11 Å². The fourth-order valence-corrected chi connectivity index (χ4v) is 1.96. The SMILES string of the molecule is CO/C(C(=O)O)=C(C)\C=C\CC(C)CCCC(C)C. The molecular weight excluding hydrogens is 240 g/mol. The van der Waals surface area contributed by atoms with Gasteiger partial charge in [0.15, 0.2) is 0 Å². The van der Waals surface area contributed by atoms with Crippen molar-refractivity contribution in [3.8, 4) is 0 Å². The molecule has 0 radical (unpaired) electrons. The fraction of sp³-hybridized carbons (Fsp3) is 0.688. The van der Waals surface area contributed by atoms with Crippen LogP contribution in [0, 0.1) is 11.8 Å². The summed E-state index contributed by atoms with van der Waals surface area (Å²) in [6.07, 6.45) is 8.62. The van der Waals surface area contributed by atoms with E-state index in [1.807, 2.05) is 12.2 Å². The average molecular weight is 268 g/mol. The van der Waals surface area contributed by atoms with E-state index in [2.05, 4.69) is 20.8 Å². The molecule has 110 valence electrons. The lowest BCUT2D eigenvalue weighted by atomic mass is 9.97. The maximum absolute atomic E-state index is 10.9. The summed E-state index contributed by atoms with van der Waals surface area (Å²) in [7, 11) is 1.38. The second-order valence-corrected chi connectivity index (χ2v) is 5.59. The van der Waals surface area contributed by atoms with Crippen LogP contribution < -0.4 is 0 Å². The topological polar surface area (TPSA) is 46.5 Å². The molecule has 0 saturated carbocycles. The molecule has 0 aromatic rings. The highest BCUT2D eigenvalue weighted by molar-refractivity contribution is 5.85. The predicted molar refractivity (Wildman–Crippen MR) is 79.0 cm³/mol. The summed E-state index contributed by atoms with van der Waals surface area (Å²) in [6, 6.07) is 0. The second-order valence-electron chi connectivity index (χ2n) is 5.59. The summed E-state index contributed by atoms with van der Waals surface area (Å²) in [5.74, 6) is 0.407. The molecule has 3 nitrogen and oxygen atoms in total. The number of rotatable bonds is 9. The van der Waals surface area contributed by atoms with Gasteiger partial charge >= 0.3 is 5.97 Å². The second kappa shape index (κ2) is 9.65. The summed E-state index contributed by atoms with van der Waals surface area (Å²) in [6.45, 7) is 8.48. The van der Waals surface area contributed by atoms with Crippen LogP contribution in [0.25, 0.3) is 0 Å². The van der Waals surface area contributed by atoms with Crippen molar-refractivity contribution >= 4 is 5.97 Å². The van der Waals surface area contributed by atoms with Gasteiger partial charge in [-0.05, 0) is 30.8 Å². The third-order valence-electron chi connectivity index (χ3n) is 3.14. The van der Waals surface area contributed by atoms with Crippen LogP contribution in [0.15, 0.2) is 23.5 Å². The van der Waals surface area contributed by atoms with Crippen LogP contribution in [0.2, 0.25) is 0 Å². The van der Waals surface area contributed by atoms with Crippen molar-refractivity contribution in [1.82, 2.24) is 0 Å². The zero-order valence-electron chi connectivity index (χ0n) is 12.9. The van der Waals surface area contributed by atoms with Gasteiger partial charge in [0.1, 0.15) is 0 Å². The lowest BCUT2D eigenvalue weighted by Gasteiger charge is -2.10. The summed E-state index contributed by atoms with van der Waals surface area (Å²) >= 11 is 0. The molecule has 0 bridgehead atoms. The highest BCUT2D eigenvalue weighted by Crippen LogP contribution is 2.16. The molecule has 1 atom stereocenters. The maximum Gasteiger partial charge on any atom is 0.371 e. The van der Waals surface area contributed by atoms with Crippen molar-refractivity contribution < 1.29 is 14.6 Å². The molecule has 0 rings (SSSR count). The normalized spacial score (nSPS) is 14.6. The van der Waals surface area contributed by atoms with Crippen LogP contribution in [0.3, 0.4) is 0 Å². The Morgan fingerprint density at radius 2 is 1.89 bits per heavy atom. The van der Waals surface area contributed by atoms with Crippen molar-refractivity contribution in [2.24, 2.45) is 11.8 Å². The van der Waals surface area contributed by atoms with E-state index in [1.54, 1.807) is 6.92 Å². The molecule has 1 unspecified atom stereocenters. The maximum atomic E-state index is 10.9. The van der Waals surface area contributed by atoms with Crippen LogP contribution in [0.1, 0.15) is 53.4 Å². The fourth-order valence-electron chi connectivity index (χ4n) is 1.96. The first-order valence-corrected chi connectivity index (χ1v) is 7.03. The van der Waals surface area contributed by atoms with Crippen molar-refractivity contribution in [3.05, 3.63) is 23.5 Å². The number of ether oxygens (including phenoxy) is 1. The number of methoxy groups -OCH3 is 1. The largest absolute Gasteiger partial charge is 0.490 e. The van der Waals surface area contributed by atoms with Gasteiger partial charge in [-0.3, -0.25) is 0 Å². The van der Waals surface area contributed by atoms with Gasteiger partial charge in [-0.25, -0.2) is 4.79 Å². The van der Waals surface area contributed by atoms with Crippen LogP contribution in [-0.2, 0) is 9.53 Å². The zero-order chi connectivity index (χ0) is 14.8. The number of allylic oxidation sites excluding steroid dienone is 3. The number of carboxylic acids is 1. The van der Waals surface area contributed by atoms with E-state index >= 15 is 0 Å². The monoisotopic (exact) mass is 268 g/mol. The van der Waals surface area contributed by atoms with Crippen molar-refractivity contribution in [2.45, 2.75) is 53.4 Å². The molecule has 0 amide bonds.